The lowest BCUT2D eigenvalue weighted by Gasteiger charge is -1.96. The molecule has 1 radical (unpaired) electrons. The highest BCUT2D eigenvalue weighted by atomic mass is 31.1. The van der Waals surface area contributed by atoms with Gasteiger partial charge in [0.2, 0.25) is 6.03 Å². The summed E-state index contributed by atoms with van der Waals surface area (Å²) in [5, 5.41) is 0.590. The molecule has 0 heterocycles. The van der Waals surface area contributed by atoms with Crippen LogP contribution in [0.25, 0.3) is 0 Å². The predicted molar refractivity (Wildman–Crippen MR) is 81.1 cm³/mol. The van der Waals surface area contributed by atoms with Crippen LogP contribution in [0.4, 0.5) is 0 Å². The maximum atomic E-state index is 10.8. The average molecular weight is 273 g/mol. The number of hydrogen-bond acceptors (Lipinski definition) is 2. The van der Waals surface area contributed by atoms with Crippen LogP contribution in [0.3, 0.4) is 0 Å². The summed E-state index contributed by atoms with van der Waals surface area (Å²) in [4.78, 5) is 10.0. The third kappa shape index (κ3) is 5.58. The lowest BCUT2D eigenvalue weighted by atomic mass is 10.1. The molecule has 0 spiro atoms. The number of benzene rings is 2. The van der Waals surface area contributed by atoms with Crippen molar-refractivity contribution in [1.29, 1.82) is 0 Å². The largest absolute Gasteiger partial charge is 0.290 e. The summed E-state index contributed by atoms with van der Waals surface area (Å²) in [5.74, 6) is 0. The van der Waals surface area contributed by atoms with E-state index in [2.05, 4.69) is 39.0 Å². The van der Waals surface area contributed by atoms with Crippen molar-refractivity contribution in [2.24, 2.45) is 0 Å². The molecule has 2 aromatic rings. The molecule has 1 atom stereocenters. The fourth-order valence-electron chi connectivity index (χ4n) is 1.84. The quantitative estimate of drug-likeness (QED) is 0.613. The zero-order chi connectivity index (χ0) is 14.3. The van der Waals surface area contributed by atoms with Gasteiger partial charge in [0.05, 0.1) is 0 Å². The molecule has 2 nitrogen and oxygen atoms in total. The van der Waals surface area contributed by atoms with E-state index in [-0.39, 0.29) is 0 Å². The molecule has 19 heavy (non-hydrogen) atoms. The third-order valence-corrected chi connectivity index (χ3v) is 3.47. The Kier molecular flexibility index (Phi) is 6.11. The minimum Gasteiger partial charge on any atom is -0.290 e. The molecule has 0 aromatic heterocycles. The Morgan fingerprint density at radius 2 is 1.26 bits per heavy atom. The SMILES string of the molecule is Cc1cc(C)cc(C)c1.O=C[P](=O)c1ccccc1. The van der Waals surface area contributed by atoms with Gasteiger partial charge in [0.25, 0.3) is 0 Å². The number of hydrogen-bond donors (Lipinski definition) is 0. The molecular weight excluding hydrogens is 255 g/mol. The van der Waals surface area contributed by atoms with E-state index in [1.165, 1.54) is 16.7 Å². The molecule has 0 aliphatic rings. The Labute approximate surface area is 115 Å². The van der Waals surface area contributed by atoms with E-state index in [1.807, 2.05) is 6.07 Å². The first-order chi connectivity index (χ1) is 9.02. The monoisotopic (exact) mass is 273 g/mol. The van der Waals surface area contributed by atoms with Crippen molar-refractivity contribution in [2.45, 2.75) is 20.8 Å². The van der Waals surface area contributed by atoms with Crippen molar-refractivity contribution >= 4 is 19.1 Å². The van der Waals surface area contributed by atoms with Crippen LogP contribution in [0.15, 0.2) is 48.5 Å². The lowest BCUT2D eigenvalue weighted by Crippen LogP contribution is -1.93. The van der Waals surface area contributed by atoms with E-state index >= 15 is 0 Å². The molecule has 1 unspecified atom stereocenters. The molecule has 0 aliphatic carbocycles. The summed E-state index contributed by atoms with van der Waals surface area (Å²) in [6.07, 6.45) is 0. The van der Waals surface area contributed by atoms with Crippen LogP contribution >= 0.6 is 7.80 Å². The number of rotatable bonds is 2. The lowest BCUT2D eigenvalue weighted by molar-refractivity contribution is 0.560. The second-order valence-electron chi connectivity index (χ2n) is 4.43. The van der Waals surface area contributed by atoms with Crippen LogP contribution in [0.5, 0.6) is 0 Å². The van der Waals surface area contributed by atoms with Gasteiger partial charge in [-0.2, -0.15) is 0 Å². The molecule has 0 N–H and O–H groups in total. The highest BCUT2D eigenvalue weighted by Crippen LogP contribution is 2.12. The third-order valence-electron chi connectivity index (χ3n) is 2.47. The van der Waals surface area contributed by atoms with Crippen molar-refractivity contribution in [3.05, 3.63) is 65.2 Å². The highest BCUT2D eigenvalue weighted by Gasteiger charge is 1.98. The van der Waals surface area contributed by atoms with Gasteiger partial charge in [-0.1, -0.05) is 53.1 Å². The highest BCUT2D eigenvalue weighted by molar-refractivity contribution is 7.68. The molecule has 0 bridgehead atoms. The van der Waals surface area contributed by atoms with Crippen molar-refractivity contribution in [3.8, 4) is 0 Å². The Balaban J connectivity index is 0.000000191. The predicted octanol–water partition coefficient (Wildman–Crippen LogP) is 3.94. The van der Waals surface area contributed by atoms with Gasteiger partial charge in [-0.15, -0.1) is 0 Å². The Bertz CT molecular complexity index is 512. The maximum Gasteiger partial charge on any atom is 0.203 e. The molecule has 0 aliphatic heterocycles. The van der Waals surface area contributed by atoms with Gasteiger partial charge in [0, 0.05) is 5.30 Å². The van der Waals surface area contributed by atoms with Crippen LogP contribution in [0.2, 0.25) is 0 Å². The minimum absolute atomic E-state index is 0.463. The Hall–Kier alpha value is -1.79. The first kappa shape index (κ1) is 15.3. The summed E-state index contributed by atoms with van der Waals surface area (Å²) >= 11 is 0. The number of carbonyl (C=O) groups is 1. The van der Waals surface area contributed by atoms with Gasteiger partial charge >= 0.3 is 0 Å². The average Bonchev–Trinajstić information content (AvgIpc) is 2.38. The standard InChI is InChI=1S/C9H12.C7H6O2P/c1-7-4-8(2)6-9(3)5-7;8-6-10(9)7-4-2-1-3-5-7/h4-6H,1-3H3;1-6H. The topological polar surface area (TPSA) is 34.1 Å². The van der Waals surface area contributed by atoms with E-state index in [1.54, 1.807) is 24.3 Å². The van der Waals surface area contributed by atoms with Crippen LogP contribution in [-0.4, -0.2) is 6.03 Å². The van der Waals surface area contributed by atoms with Gasteiger partial charge in [0.15, 0.2) is 7.80 Å². The Morgan fingerprint density at radius 3 is 1.63 bits per heavy atom. The van der Waals surface area contributed by atoms with Crippen LogP contribution in [0, 0.1) is 20.8 Å². The maximum absolute atomic E-state index is 10.8. The van der Waals surface area contributed by atoms with Gasteiger partial charge in [-0.3, -0.25) is 9.36 Å². The number of carbonyl (C=O) groups excluding carboxylic acids is 1. The molecule has 3 heteroatoms. The minimum atomic E-state index is -1.80. The van der Waals surface area contributed by atoms with Gasteiger partial charge in [-0.25, -0.2) is 0 Å². The molecule has 2 aromatic carbocycles. The normalized spacial score (nSPS) is 10.2. The fourth-order valence-corrected chi connectivity index (χ4v) is 2.43. The summed E-state index contributed by atoms with van der Waals surface area (Å²) in [7, 11) is -1.80. The van der Waals surface area contributed by atoms with Crippen LogP contribution < -0.4 is 5.30 Å². The van der Waals surface area contributed by atoms with Gasteiger partial charge < -0.3 is 0 Å². The molecule has 99 valence electrons. The number of aryl methyl sites for hydroxylation is 3. The zero-order valence-electron chi connectivity index (χ0n) is 11.5. The van der Waals surface area contributed by atoms with E-state index in [0.29, 0.717) is 11.3 Å². The van der Waals surface area contributed by atoms with Crippen LogP contribution in [0.1, 0.15) is 16.7 Å². The van der Waals surface area contributed by atoms with Gasteiger partial charge in [-0.05, 0) is 32.9 Å². The molecule has 0 saturated carbocycles. The van der Waals surface area contributed by atoms with Gasteiger partial charge in [0.1, 0.15) is 0 Å². The van der Waals surface area contributed by atoms with Crippen molar-refractivity contribution in [1.82, 2.24) is 0 Å². The molecule has 0 fully saturated rings. The molecule has 0 saturated heterocycles. The summed E-state index contributed by atoms with van der Waals surface area (Å²) in [5.41, 5.74) is 4.06. The molecular formula is C16H18O2P. The summed E-state index contributed by atoms with van der Waals surface area (Å²) in [6.45, 7) is 6.38. The first-order valence-corrected chi connectivity index (χ1v) is 7.37. The van der Waals surface area contributed by atoms with E-state index in [9.17, 15) is 9.36 Å². The van der Waals surface area contributed by atoms with Crippen LogP contribution in [-0.2, 0) is 9.36 Å². The van der Waals surface area contributed by atoms with Crippen molar-refractivity contribution < 1.29 is 9.36 Å². The molecule has 2 rings (SSSR count). The zero-order valence-corrected chi connectivity index (χ0v) is 12.4. The van der Waals surface area contributed by atoms with E-state index in [4.69, 9.17) is 0 Å². The fraction of sp³-hybridized carbons (Fsp3) is 0.188. The smallest absolute Gasteiger partial charge is 0.203 e. The molecule has 0 amide bonds. The van der Waals surface area contributed by atoms with E-state index in [0.717, 1.165) is 0 Å². The Morgan fingerprint density at radius 1 is 0.842 bits per heavy atom. The second-order valence-corrected chi connectivity index (χ2v) is 5.81. The first-order valence-electron chi connectivity index (χ1n) is 6.04. The summed E-state index contributed by atoms with van der Waals surface area (Å²) in [6, 6.07) is 15.7. The van der Waals surface area contributed by atoms with Crippen molar-refractivity contribution in [3.63, 3.8) is 0 Å². The summed E-state index contributed by atoms with van der Waals surface area (Å²) < 4.78 is 10.8. The van der Waals surface area contributed by atoms with E-state index < -0.39 is 7.80 Å². The van der Waals surface area contributed by atoms with Crippen molar-refractivity contribution in [2.75, 3.05) is 0 Å². The second kappa shape index (κ2) is 7.60.